The van der Waals surface area contributed by atoms with Gasteiger partial charge in [-0.3, -0.25) is 10.1 Å². The maximum absolute atomic E-state index is 11.8. The van der Waals surface area contributed by atoms with Gasteiger partial charge in [0.25, 0.3) is 5.91 Å². The monoisotopic (exact) mass is 253 g/mol. The first kappa shape index (κ1) is 11.0. The number of rotatable bonds is 3. The van der Waals surface area contributed by atoms with Crippen molar-refractivity contribution >= 4 is 34.0 Å². The smallest absolute Gasteiger partial charge is 0.257 e. The number of anilines is 1. The molecule has 0 aliphatic rings. The Morgan fingerprint density at radius 3 is 3.06 bits per heavy atom. The molecule has 0 fully saturated rings. The van der Waals surface area contributed by atoms with Crippen LogP contribution in [-0.4, -0.2) is 16.1 Å². The molecule has 1 aromatic carbocycles. The maximum Gasteiger partial charge on any atom is 0.257 e. The van der Waals surface area contributed by atoms with Crippen molar-refractivity contribution in [1.29, 1.82) is 0 Å². The Balaban J connectivity index is 2.14. The second kappa shape index (κ2) is 5.05. The molecule has 0 aliphatic heterocycles. The van der Waals surface area contributed by atoms with Gasteiger partial charge in [0.15, 0.2) is 0 Å². The van der Waals surface area contributed by atoms with Gasteiger partial charge in [-0.1, -0.05) is 23.5 Å². The summed E-state index contributed by atoms with van der Waals surface area (Å²) in [7, 11) is 0. The van der Waals surface area contributed by atoms with Crippen molar-refractivity contribution in [1.82, 2.24) is 10.2 Å². The lowest BCUT2D eigenvalue weighted by Crippen LogP contribution is -2.11. The van der Waals surface area contributed by atoms with E-state index in [1.807, 2.05) is 6.07 Å². The fraction of sp³-hybridized carbons (Fsp3) is 0.100. The van der Waals surface area contributed by atoms with Crippen LogP contribution in [0.2, 0.25) is 0 Å². The zero-order valence-corrected chi connectivity index (χ0v) is 9.76. The quantitative estimate of drug-likeness (QED) is 0.856. The topological polar surface area (TPSA) is 54.9 Å². The van der Waals surface area contributed by atoms with Crippen LogP contribution in [0.4, 0.5) is 5.13 Å². The first-order valence-corrected chi connectivity index (χ1v) is 5.93. The van der Waals surface area contributed by atoms with Gasteiger partial charge in [0.1, 0.15) is 5.51 Å². The van der Waals surface area contributed by atoms with Crippen LogP contribution in [-0.2, 0) is 5.88 Å². The molecule has 0 aliphatic carbocycles. The Morgan fingerprint density at radius 1 is 1.50 bits per heavy atom. The summed E-state index contributed by atoms with van der Waals surface area (Å²) in [6.45, 7) is 0. The summed E-state index contributed by atoms with van der Waals surface area (Å²) in [5, 5.41) is 10.5. The summed E-state index contributed by atoms with van der Waals surface area (Å²) in [6.07, 6.45) is 0. The van der Waals surface area contributed by atoms with Crippen molar-refractivity contribution in [2.75, 3.05) is 5.32 Å². The molecule has 0 atom stereocenters. The first-order chi connectivity index (χ1) is 7.79. The molecule has 0 radical (unpaired) electrons. The van der Waals surface area contributed by atoms with E-state index in [2.05, 4.69) is 15.5 Å². The maximum atomic E-state index is 11.8. The van der Waals surface area contributed by atoms with Crippen molar-refractivity contribution in [3.05, 3.63) is 40.9 Å². The number of amides is 1. The van der Waals surface area contributed by atoms with E-state index in [1.54, 1.807) is 23.7 Å². The van der Waals surface area contributed by atoms with Crippen molar-refractivity contribution in [2.45, 2.75) is 5.88 Å². The Hall–Kier alpha value is -1.46. The molecular weight excluding hydrogens is 246 g/mol. The molecule has 2 aromatic rings. The van der Waals surface area contributed by atoms with Crippen LogP contribution in [0, 0.1) is 0 Å². The average molecular weight is 254 g/mol. The number of nitrogens with zero attached hydrogens (tertiary/aromatic N) is 2. The summed E-state index contributed by atoms with van der Waals surface area (Å²) >= 11 is 6.97. The summed E-state index contributed by atoms with van der Waals surface area (Å²) in [4.78, 5) is 11.8. The van der Waals surface area contributed by atoms with Gasteiger partial charge in [0.05, 0.1) is 0 Å². The minimum absolute atomic E-state index is 0.205. The Bertz CT molecular complexity index is 487. The van der Waals surface area contributed by atoms with Crippen LogP contribution < -0.4 is 5.32 Å². The highest BCUT2D eigenvalue weighted by molar-refractivity contribution is 7.13. The van der Waals surface area contributed by atoms with E-state index in [-0.39, 0.29) is 5.91 Å². The molecule has 0 saturated heterocycles. The third kappa shape index (κ3) is 2.56. The molecular formula is C10H8ClN3OS. The highest BCUT2D eigenvalue weighted by atomic mass is 35.5. The minimum Gasteiger partial charge on any atom is -0.296 e. The Kier molecular flexibility index (Phi) is 3.48. The lowest BCUT2D eigenvalue weighted by atomic mass is 10.1. The molecule has 4 nitrogen and oxygen atoms in total. The van der Waals surface area contributed by atoms with E-state index in [9.17, 15) is 4.79 Å². The number of nitrogens with one attached hydrogen (secondary N) is 1. The summed E-state index contributed by atoms with van der Waals surface area (Å²) < 4.78 is 0. The third-order valence-electron chi connectivity index (χ3n) is 1.92. The van der Waals surface area contributed by atoms with Crippen LogP contribution in [0.3, 0.4) is 0 Å². The Morgan fingerprint density at radius 2 is 2.38 bits per heavy atom. The fourth-order valence-corrected chi connectivity index (χ4v) is 1.80. The molecule has 6 heteroatoms. The second-order valence-corrected chi connectivity index (χ2v) is 4.13. The largest absolute Gasteiger partial charge is 0.296 e. The molecule has 0 saturated carbocycles. The van der Waals surface area contributed by atoms with E-state index in [4.69, 9.17) is 11.6 Å². The number of alkyl halides is 1. The molecule has 1 N–H and O–H groups in total. The van der Waals surface area contributed by atoms with E-state index in [0.717, 1.165) is 5.56 Å². The predicted molar refractivity (Wildman–Crippen MR) is 63.9 cm³/mol. The molecule has 0 bridgehead atoms. The minimum atomic E-state index is -0.205. The van der Waals surface area contributed by atoms with Crippen molar-refractivity contribution in [3.8, 4) is 0 Å². The lowest BCUT2D eigenvalue weighted by Gasteiger charge is -2.02. The number of benzene rings is 1. The SMILES string of the molecule is O=C(Nc1nncs1)c1cccc(CCl)c1. The third-order valence-corrected chi connectivity index (χ3v) is 2.84. The van der Waals surface area contributed by atoms with Gasteiger partial charge in [-0.2, -0.15) is 0 Å². The van der Waals surface area contributed by atoms with E-state index in [1.165, 1.54) is 11.3 Å². The number of hydrogen-bond donors (Lipinski definition) is 1. The molecule has 0 spiro atoms. The van der Waals surface area contributed by atoms with Crippen LogP contribution in [0.1, 0.15) is 15.9 Å². The van der Waals surface area contributed by atoms with Crippen molar-refractivity contribution in [2.24, 2.45) is 0 Å². The van der Waals surface area contributed by atoms with E-state index in [0.29, 0.717) is 16.6 Å². The van der Waals surface area contributed by atoms with Gasteiger partial charge in [0, 0.05) is 11.4 Å². The highest BCUT2D eigenvalue weighted by Crippen LogP contribution is 2.12. The van der Waals surface area contributed by atoms with Crippen molar-refractivity contribution in [3.63, 3.8) is 0 Å². The molecule has 16 heavy (non-hydrogen) atoms. The van der Waals surface area contributed by atoms with E-state index < -0.39 is 0 Å². The predicted octanol–water partition coefficient (Wildman–Crippen LogP) is 2.53. The van der Waals surface area contributed by atoms with Gasteiger partial charge >= 0.3 is 0 Å². The summed E-state index contributed by atoms with van der Waals surface area (Å²) in [6, 6.07) is 7.15. The number of carbonyl (C=O) groups excluding carboxylic acids is 1. The molecule has 1 aromatic heterocycles. The standard InChI is InChI=1S/C10H8ClN3OS/c11-5-7-2-1-3-8(4-7)9(15)13-10-14-12-6-16-10/h1-4,6H,5H2,(H,13,14,15). The summed E-state index contributed by atoms with van der Waals surface area (Å²) in [5.74, 6) is 0.184. The number of aromatic nitrogens is 2. The second-order valence-electron chi connectivity index (χ2n) is 3.03. The highest BCUT2D eigenvalue weighted by Gasteiger charge is 2.07. The Labute approximate surface area is 101 Å². The molecule has 1 heterocycles. The van der Waals surface area contributed by atoms with Gasteiger partial charge in [-0.05, 0) is 17.7 Å². The van der Waals surface area contributed by atoms with Gasteiger partial charge < -0.3 is 0 Å². The number of carbonyl (C=O) groups is 1. The molecule has 2 rings (SSSR count). The summed E-state index contributed by atoms with van der Waals surface area (Å²) in [5.41, 5.74) is 3.03. The molecule has 0 unspecified atom stereocenters. The van der Waals surface area contributed by atoms with Gasteiger partial charge in [0.2, 0.25) is 5.13 Å². The van der Waals surface area contributed by atoms with Gasteiger partial charge in [-0.25, -0.2) is 0 Å². The molecule has 1 amide bonds. The number of halogens is 1. The van der Waals surface area contributed by atoms with Crippen LogP contribution >= 0.6 is 22.9 Å². The van der Waals surface area contributed by atoms with E-state index >= 15 is 0 Å². The first-order valence-electron chi connectivity index (χ1n) is 4.52. The number of hydrogen-bond acceptors (Lipinski definition) is 4. The van der Waals surface area contributed by atoms with Crippen LogP contribution in [0.15, 0.2) is 29.8 Å². The van der Waals surface area contributed by atoms with Gasteiger partial charge in [-0.15, -0.1) is 21.8 Å². The lowest BCUT2D eigenvalue weighted by molar-refractivity contribution is 0.102. The zero-order valence-electron chi connectivity index (χ0n) is 8.18. The molecule has 82 valence electrons. The van der Waals surface area contributed by atoms with Crippen molar-refractivity contribution < 1.29 is 4.79 Å². The van der Waals surface area contributed by atoms with Crippen LogP contribution in [0.25, 0.3) is 0 Å². The normalized spacial score (nSPS) is 10.1. The fourth-order valence-electron chi connectivity index (χ4n) is 1.19. The zero-order chi connectivity index (χ0) is 11.4. The average Bonchev–Trinajstić information content (AvgIpc) is 2.82. The van der Waals surface area contributed by atoms with Crippen LogP contribution in [0.5, 0.6) is 0 Å².